The summed E-state index contributed by atoms with van der Waals surface area (Å²) in [5, 5.41) is 0. The van der Waals surface area contributed by atoms with Crippen molar-refractivity contribution in [3.63, 3.8) is 0 Å². The maximum Gasteiger partial charge on any atom is 0.206 e. The molecule has 2 nitrogen and oxygen atoms in total. The first-order valence-corrected chi connectivity index (χ1v) is 5.91. The molecule has 2 N–H and O–H groups in total. The summed E-state index contributed by atoms with van der Waals surface area (Å²) >= 11 is 0. The lowest BCUT2D eigenvalue weighted by molar-refractivity contribution is 0.265. The van der Waals surface area contributed by atoms with E-state index < -0.39 is 34.8 Å². The van der Waals surface area contributed by atoms with E-state index in [2.05, 4.69) is 0 Å². The molecule has 0 saturated heterocycles. The van der Waals surface area contributed by atoms with Crippen LogP contribution in [0.25, 0.3) is 0 Å². The van der Waals surface area contributed by atoms with Gasteiger partial charge in [-0.1, -0.05) is 18.2 Å². The fraction of sp³-hybridized carbons (Fsp3) is 0.143. The van der Waals surface area contributed by atoms with Crippen molar-refractivity contribution in [1.82, 2.24) is 0 Å². The second-order valence-corrected chi connectivity index (χ2v) is 4.20. The van der Waals surface area contributed by atoms with Gasteiger partial charge in [0, 0.05) is 12.1 Å². The average molecular weight is 303 g/mol. The van der Waals surface area contributed by atoms with E-state index in [9.17, 15) is 22.0 Å². The van der Waals surface area contributed by atoms with E-state index in [1.165, 1.54) is 0 Å². The van der Waals surface area contributed by atoms with Gasteiger partial charge in [-0.15, -0.1) is 0 Å². The van der Waals surface area contributed by atoms with E-state index in [-0.39, 0.29) is 13.0 Å². The summed E-state index contributed by atoms with van der Waals surface area (Å²) in [6, 6.07) is 6.68. The van der Waals surface area contributed by atoms with Crippen LogP contribution in [-0.4, -0.2) is 6.61 Å². The van der Waals surface area contributed by atoms with Gasteiger partial charge in [-0.2, -0.15) is 8.78 Å². The third-order valence-electron chi connectivity index (χ3n) is 2.84. The molecule has 0 spiro atoms. The van der Waals surface area contributed by atoms with Crippen LogP contribution in [0.5, 0.6) is 5.75 Å². The topological polar surface area (TPSA) is 35.2 Å². The summed E-state index contributed by atoms with van der Waals surface area (Å²) in [6.45, 7) is -0.285. The third-order valence-corrected chi connectivity index (χ3v) is 2.84. The zero-order chi connectivity index (χ0) is 15.6. The number of halogens is 5. The minimum absolute atomic E-state index is 0.159. The molecule has 2 aromatic rings. The van der Waals surface area contributed by atoms with Gasteiger partial charge in [0.2, 0.25) is 29.1 Å². The highest BCUT2D eigenvalue weighted by atomic mass is 19.2. The Morgan fingerprint density at radius 3 is 1.90 bits per heavy atom. The molecular weight excluding hydrogens is 293 g/mol. The Labute approximate surface area is 116 Å². The number of para-hydroxylation sites is 1. The van der Waals surface area contributed by atoms with Gasteiger partial charge in [0.05, 0.1) is 6.61 Å². The van der Waals surface area contributed by atoms with Gasteiger partial charge in [0.1, 0.15) is 0 Å². The Morgan fingerprint density at radius 2 is 1.33 bits per heavy atom. The van der Waals surface area contributed by atoms with Gasteiger partial charge in [-0.3, -0.25) is 0 Å². The van der Waals surface area contributed by atoms with Gasteiger partial charge in [-0.25, -0.2) is 13.2 Å². The lowest BCUT2D eigenvalue weighted by atomic mass is 10.1. The Kier molecular flexibility index (Phi) is 4.30. The number of benzene rings is 2. The molecule has 0 aliphatic carbocycles. The van der Waals surface area contributed by atoms with E-state index in [0.717, 1.165) is 0 Å². The maximum atomic E-state index is 13.3. The zero-order valence-electron chi connectivity index (χ0n) is 10.6. The molecule has 0 unspecified atom stereocenters. The largest absolute Gasteiger partial charge is 0.487 e. The molecule has 0 aliphatic rings. The molecule has 2 rings (SSSR count). The highest BCUT2D eigenvalue weighted by Crippen LogP contribution is 2.29. The van der Waals surface area contributed by atoms with Crippen molar-refractivity contribution in [2.45, 2.75) is 6.42 Å². The number of rotatable bonds is 4. The van der Waals surface area contributed by atoms with E-state index in [1.54, 1.807) is 24.3 Å². The number of hydrogen-bond donors (Lipinski definition) is 1. The molecule has 2 aromatic carbocycles. The Bertz CT molecular complexity index is 646. The average Bonchev–Trinajstić information content (AvgIpc) is 2.48. The minimum Gasteiger partial charge on any atom is -0.487 e. The summed E-state index contributed by atoms with van der Waals surface area (Å²) in [6.07, 6.45) is 0.159. The van der Waals surface area contributed by atoms with E-state index in [4.69, 9.17) is 10.5 Å². The normalized spacial score (nSPS) is 10.7. The summed E-state index contributed by atoms with van der Waals surface area (Å²) < 4.78 is 70.1. The van der Waals surface area contributed by atoms with Crippen LogP contribution in [0.4, 0.5) is 27.6 Å². The SMILES string of the molecule is Nc1ccccc1CCOc1c(F)c(F)c(F)c(F)c1F. The van der Waals surface area contributed by atoms with Crippen molar-refractivity contribution in [2.24, 2.45) is 0 Å². The van der Waals surface area contributed by atoms with Gasteiger partial charge in [0.25, 0.3) is 0 Å². The van der Waals surface area contributed by atoms with Crippen LogP contribution < -0.4 is 10.5 Å². The van der Waals surface area contributed by atoms with Crippen molar-refractivity contribution in [3.05, 3.63) is 58.9 Å². The zero-order valence-corrected chi connectivity index (χ0v) is 10.6. The van der Waals surface area contributed by atoms with Crippen LogP contribution >= 0.6 is 0 Å². The fourth-order valence-corrected chi connectivity index (χ4v) is 1.74. The third kappa shape index (κ3) is 2.91. The first-order chi connectivity index (χ1) is 9.93. The Balaban J connectivity index is 2.16. The Hall–Kier alpha value is -2.31. The lowest BCUT2D eigenvalue weighted by Gasteiger charge is -2.11. The van der Waals surface area contributed by atoms with Crippen LogP contribution in [-0.2, 0) is 6.42 Å². The fourth-order valence-electron chi connectivity index (χ4n) is 1.74. The molecule has 0 bridgehead atoms. The monoisotopic (exact) mass is 303 g/mol. The van der Waals surface area contributed by atoms with E-state index >= 15 is 0 Å². The first-order valence-electron chi connectivity index (χ1n) is 5.91. The Morgan fingerprint density at radius 1 is 0.810 bits per heavy atom. The van der Waals surface area contributed by atoms with Gasteiger partial charge < -0.3 is 10.5 Å². The predicted octanol–water partition coefficient (Wildman–Crippen LogP) is 3.59. The standard InChI is InChI=1S/C14H10F5NO/c15-9-10(16)12(18)14(13(19)11(9)17)21-6-5-7-3-1-2-4-8(7)20/h1-4H,5-6,20H2. The van der Waals surface area contributed by atoms with E-state index in [0.29, 0.717) is 11.3 Å². The van der Waals surface area contributed by atoms with Crippen LogP contribution in [0.15, 0.2) is 24.3 Å². The van der Waals surface area contributed by atoms with Crippen LogP contribution in [0, 0.1) is 29.1 Å². The molecule has 0 aromatic heterocycles. The molecule has 0 atom stereocenters. The molecule has 21 heavy (non-hydrogen) atoms. The molecule has 0 saturated carbocycles. The molecule has 0 aliphatic heterocycles. The summed E-state index contributed by atoms with van der Waals surface area (Å²) in [5.74, 6) is -11.6. The van der Waals surface area contributed by atoms with Crippen molar-refractivity contribution in [1.29, 1.82) is 0 Å². The second kappa shape index (κ2) is 5.99. The molecule has 0 fully saturated rings. The molecule has 0 amide bonds. The van der Waals surface area contributed by atoms with Crippen LogP contribution in [0.3, 0.4) is 0 Å². The van der Waals surface area contributed by atoms with Gasteiger partial charge in [-0.05, 0) is 11.6 Å². The number of anilines is 1. The second-order valence-electron chi connectivity index (χ2n) is 4.20. The number of nitrogen functional groups attached to an aromatic ring is 1. The molecule has 0 radical (unpaired) electrons. The first kappa shape index (κ1) is 15.1. The van der Waals surface area contributed by atoms with Crippen molar-refractivity contribution in [3.8, 4) is 5.75 Å². The van der Waals surface area contributed by atoms with Crippen molar-refractivity contribution in [2.75, 3.05) is 12.3 Å². The number of nitrogens with two attached hydrogens (primary N) is 1. The van der Waals surface area contributed by atoms with Crippen LogP contribution in [0.2, 0.25) is 0 Å². The quantitative estimate of drug-likeness (QED) is 0.405. The summed E-state index contributed by atoms with van der Waals surface area (Å²) in [4.78, 5) is 0. The summed E-state index contributed by atoms with van der Waals surface area (Å²) in [5.41, 5.74) is 6.74. The van der Waals surface area contributed by atoms with Gasteiger partial charge in [0.15, 0.2) is 5.75 Å². The lowest BCUT2D eigenvalue weighted by Crippen LogP contribution is -2.10. The molecule has 0 heterocycles. The van der Waals surface area contributed by atoms with Crippen molar-refractivity contribution >= 4 is 5.69 Å². The molecule has 7 heteroatoms. The van der Waals surface area contributed by atoms with E-state index in [1.807, 2.05) is 0 Å². The number of ether oxygens (including phenoxy) is 1. The maximum absolute atomic E-state index is 13.3. The highest BCUT2D eigenvalue weighted by molar-refractivity contribution is 5.46. The van der Waals surface area contributed by atoms with Crippen molar-refractivity contribution < 1.29 is 26.7 Å². The minimum atomic E-state index is -2.22. The summed E-state index contributed by atoms with van der Waals surface area (Å²) in [7, 11) is 0. The van der Waals surface area contributed by atoms with Crippen LogP contribution in [0.1, 0.15) is 5.56 Å². The molecule has 112 valence electrons. The number of hydrogen-bond acceptors (Lipinski definition) is 2. The predicted molar refractivity (Wildman–Crippen MR) is 66.3 cm³/mol. The smallest absolute Gasteiger partial charge is 0.206 e. The van der Waals surface area contributed by atoms with Gasteiger partial charge >= 0.3 is 0 Å². The molecular formula is C14H10F5NO. The highest BCUT2D eigenvalue weighted by Gasteiger charge is 2.26.